The Morgan fingerprint density at radius 1 is 1.35 bits per heavy atom. The van der Waals surface area contributed by atoms with Crippen LogP contribution in [0, 0.1) is 13.8 Å². The van der Waals surface area contributed by atoms with E-state index in [4.69, 9.17) is 11.6 Å². The SMILES string of the molecule is Cc1nn(C)c(C)c1CC(=O)N1CCC[C@H]1c1ccccc1Cl. The first-order chi connectivity index (χ1) is 11.0. The topological polar surface area (TPSA) is 38.1 Å². The number of nitrogens with zero attached hydrogens (tertiary/aromatic N) is 3. The molecular weight excluding hydrogens is 310 g/mol. The summed E-state index contributed by atoms with van der Waals surface area (Å²) in [4.78, 5) is 14.8. The van der Waals surface area contributed by atoms with Crippen molar-refractivity contribution in [3.63, 3.8) is 0 Å². The van der Waals surface area contributed by atoms with Gasteiger partial charge in [0.2, 0.25) is 5.91 Å². The molecule has 23 heavy (non-hydrogen) atoms. The highest BCUT2D eigenvalue weighted by Crippen LogP contribution is 2.36. The van der Waals surface area contributed by atoms with E-state index in [0.717, 1.165) is 46.9 Å². The predicted octanol–water partition coefficient (Wildman–Crippen LogP) is 3.60. The minimum Gasteiger partial charge on any atom is -0.335 e. The first-order valence-electron chi connectivity index (χ1n) is 8.02. The van der Waals surface area contributed by atoms with Crippen molar-refractivity contribution >= 4 is 17.5 Å². The highest BCUT2D eigenvalue weighted by atomic mass is 35.5. The van der Waals surface area contributed by atoms with E-state index < -0.39 is 0 Å². The first kappa shape index (κ1) is 16.1. The number of halogens is 1. The Labute approximate surface area is 142 Å². The number of amides is 1. The summed E-state index contributed by atoms with van der Waals surface area (Å²) in [6.07, 6.45) is 2.40. The highest BCUT2D eigenvalue weighted by molar-refractivity contribution is 6.31. The van der Waals surface area contributed by atoms with Crippen molar-refractivity contribution in [1.29, 1.82) is 0 Å². The third kappa shape index (κ3) is 3.00. The van der Waals surface area contributed by atoms with Gasteiger partial charge in [-0.05, 0) is 38.3 Å². The molecule has 1 aliphatic heterocycles. The van der Waals surface area contributed by atoms with Gasteiger partial charge in [0.1, 0.15) is 0 Å². The predicted molar refractivity (Wildman–Crippen MR) is 91.5 cm³/mol. The van der Waals surface area contributed by atoms with E-state index in [0.29, 0.717) is 6.42 Å². The molecule has 122 valence electrons. The largest absolute Gasteiger partial charge is 0.335 e. The van der Waals surface area contributed by atoms with E-state index in [2.05, 4.69) is 5.10 Å². The second kappa shape index (κ2) is 6.36. The maximum atomic E-state index is 12.9. The summed E-state index contributed by atoms with van der Waals surface area (Å²) in [6, 6.07) is 7.92. The van der Waals surface area contributed by atoms with Gasteiger partial charge in [-0.3, -0.25) is 9.48 Å². The number of hydrogen-bond acceptors (Lipinski definition) is 2. The van der Waals surface area contributed by atoms with Gasteiger partial charge in [-0.1, -0.05) is 29.8 Å². The van der Waals surface area contributed by atoms with E-state index in [-0.39, 0.29) is 11.9 Å². The van der Waals surface area contributed by atoms with Crippen LogP contribution in [0.4, 0.5) is 0 Å². The van der Waals surface area contributed by atoms with Crippen molar-refractivity contribution in [2.24, 2.45) is 7.05 Å². The van der Waals surface area contributed by atoms with Crippen molar-refractivity contribution < 1.29 is 4.79 Å². The van der Waals surface area contributed by atoms with E-state index in [1.165, 1.54) is 0 Å². The Kier molecular flexibility index (Phi) is 4.44. The molecule has 1 atom stereocenters. The molecule has 1 saturated heterocycles. The first-order valence-corrected chi connectivity index (χ1v) is 8.39. The molecule has 4 nitrogen and oxygen atoms in total. The van der Waals surface area contributed by atoms with Gasteiger partial charge in [-0.25, -0.2) is 0 Å². The quantitative estimate of drug-likeness (QED) is 0.862. The average Bonchev–Trinajstić information content (AvgIpc) is 3.09. The van der Waals surface area contributed by atoms with Gasteiger partial charge in [0.15, 0.2) is 0 Å². The molecule has 0 aliphatic carbocycles. The molecule has 1 aromatic carbocycles. The normalized spacial score (nSPS) is 17.7. The Balaban J connectivity index is 1.83. The number of rotatable bonds is 3. The maximum Gasteiger partial charge on any atom is 0.227 e. The molecule has 5 heteroatoms. The summed E-state index contributed by atoms with van der Waals surface area (Å²) < 4.78 is 1.84. The van der Waals surface area contributed by atoms with Gasteiger partial charge < -0.3 is 4.90 Å². The maximum absolute atomic E-state index is 12.9. The van der Waals surface area contributed by atoms with Crippen LogP contribution in [0.1, 0.15) is 41.4 Å². The fourth-order valence-corrected chi connectivity index (χ4v) is 3.72. The van der Waals surface area contributed by atoms with Crippen LogP contribution in [0.25, 0.3) is 0 Å². The summed E-state index contributed by atoms with van der Waals surface area (Å²) in [5, 5.41) is 5.15. The van der Waals surface area contributed by atoms with Crippen molar-refractivity contribution in [1.82, 2.24) is 14.7 Å². The van der Waals surface area contributed by atoms with E-state index in [1.54, 1.807) is 0 Å². The number of carbonyl (C=O) groups is 1. The van der Waals surface area contributed by atoms with Crippen LogP contribution >= 0.6 is 11.6 Å². The van der Waals surface area contributed by atoms with Crippen LogP contribution in [0.15, 0.2) is 24.3 Å². The van der Waals surface area contributed by atoms with E-state index in [1.807, 2.05) is 54.7 Å². The zero-order chi connectivity index (χ0) is 16.6. The number of hydrogen-bond donors (Lipinski definition) is 0. The summed E-state index contributed by atoms with van der Waals surface area (Å²) >= 11 is 6.34. The molecule has 2 heterocycles. The van der Waals surface area contributed by atoms with Crippen LogP contribution in [0.5, 0.6) is 0 Å². The lowest BCUT2D eigenvalue weighted by atomic mass is 10.0. The molecule has 1 amide bonds. The Morgan fingerprint density at radius 3 is 2.74 bits per heavy atom. The monoisotopic (exact) mass is 331 g/mol. The molecule has 0 radical (unpaired) electrons. The summed E-state index contributed by atoms with van der Waals surface area (Å²) in [5.41, 5.74) is 4.10. The molecule has 0 spiro atoms. The second-order valence-corrected chi connectivity index (χ2v) is 6.62. The minimum atomic E-state index is 0.0912. The number of aryl methyl sites for hydroxylation is 2. The van der Waals surface area contributed by atoms with E-state index in [9.17, 15) is 4.79 Å². The zero-order valence-corrected chi connectivity index (χ0v) is 14.6. The lowest BCUT2D eigenvalue weighted by molar-refractivity contribution is -0.131. The molecule has 1 fully saturated rings. The molecule has 1 aliphatic rings. The number of aromatic nitrogens is 2. The second-order valence-electron chi connectivity index (χ2n) is 6.22. The standard InChI is InChI=1S/C18H22ClN3O/c1-12-15(13(2)21(3)20-12)11-18(23)22-10-6-9-17(22)14-7-4-5-8-16(14)19/h4-5,7-8,17H,6,9-11H2,1-3H3/t17-/m0/s1. The molecule has 3 rings (SSSR count). The summed E-state index contributed by atoms with van der Waals surface area (Å²) in [7, 11) is 1.92. The zero-order valence-electron chi connectivity index (χ0n) is 13.8. The van der Waals surface area contributed by atoms with Crippen molar-refractivity contribution in [3.05, 3.63) is 51.8 Å². The molecule has 1 aromatic heterocycles. The van der Waals surface area contributed by atoms with Crippen LogP contribution in [0.3, 0.4) is 0 Å². The molecular formula is C18H22ClN3O. The van der Waals surface area contributed by atoms with Crippen LogP contribution < -0.4 is 0 Å². The summed E-state index contributed by atoms with van der Waals surface area (Å²) in [5.74, 6) is 0.159. The number of likely N-dealkylation sites (tertiary alicyclic amines) is 1. The Hall–Kier alpha value is -1.81. The summed E-state index contributed by atoms with van der Waals surface area (Å²) in [6.45, 7) is 4.77. The Morgan fingerprint density at radius 2 is 2.09 bits per heavy atom. The molecule has 2 aromatic rings. The van der Waals surface area contributed by atoms with Gasteiger partial charge in [0, 0.05) is 29.9 Å². The third-order valence-corrected chi connectivity index (χ3v) is 5.17. The van der Waals surface area contributed by atoms with Crippen molar-refractivity contribution in [2.75, 3.05) is 6.54 Å². The molecule has 0 saturated carbocycles. The van der Waals surface area contributed by atoms with Crippen LogP contribution in [0.2, 0.25) is 5.02 Å². The minimum absolute atomic E-state index is 0.0912. The fraction of sp³-hybridized carbons (Fsp3) is 0.444. The van der Waals surface area contributed by atoms with Crippen molar-refractivity contribution in [2.45, 2.75) is 39.2 Å². The van der Waals surface area contributed by atoms with Gasteiger partial charge >= 0.3 is 0 Å². The average molecular weight is 332 g/mol. The highest BCUT2D eigenvalue weighted by Gasteiger charge is 2.31. The number of benzene rings is 1. The van der Waals surface area contributed by atoms with Crippen LogP contribution in [-0.2, 0) is 18.3 Å². The van der Waals surface area contributed by atoms with Gasteiger partial charge in [-0.2, -0.15) is 5.10 Å². The van der Waals surface area contributed by atoms with Gasteiger partial charge in [0.25, 0.3) is 0 Å². The lowest BCUT2D eigenvalue weighted by Crippen LogP contribution is -2.32. The molecule has 0 N–H and O–H groups in total. The Bertz CT molecular complexity index is 738. The molecule has 0 unspecified atom stereocenters. The van der Waals surface area contributed by atoms with Gasteiger partial charge in [0.05, 0.1) is 18.2 Å². The lowest BCUT2D eigenvalue weighted by Gasteiger charge is -2.26. The molecule has 0 bridgehead atoms. The van der Waals surface area contributed by atoms with Gasteiger partial charge in [-0.15, -0.1) is 0 Å². The fourth-order valence-electron chi connectivity index (χ4n) is 3.46. The third-order valence-electron chi connectivity index (χ3n) is 4.82. The van der Waals surface area contributed by atoms with Crippen LogP contribution in [-0.4, -0.2) is 27.1 Å². The van der Waals surface area contributed by atoms with E-state index >= 15 is 0 Å². The number of carbonyl (C=O) groups excluding carboxylic acids is 1. The van der Waals surface area contributed by atoms with Crippen molar-refractivity contribution in [3.8, 4) is 0 Å². The smallest absolute Gasteiger partial charge is 0.227 e.